The number of benzene rings is 2. The number of aryl methyl sites for hydroxylation is 2. The Morgan fingerprint density at radius 1 is 1.19 bits per heavy atom. The van der Waals surface area contributed by atoms with E-state index in [2.05, 4.69) is 16.8 Å². The Kier molecular flexibility index (Phi) is 5.86. The van der Waals surface area contributed by atoms with Gasteiger partial charge in [0.2, 0.25) is 0 Å². The SMILES string of the molecule is C=CCn1c(SCC(=O)c2cc(C)ccc2C)nnc1-c1ccc(F)cc1. The van der Waals surface area contributed by atoms with Gasteiger partial charge in [-0.1, -0.05) is 35.5 Å². The van der Waals surface area contributed by atoms with Gasteiger partial charge < -0.3 is 0 Å². The second-order valence-corrected chi connectivity index (χ2v) is 7.19. The minimum atomic E-state index is -0.303. The number of aromatic nitrogens is 3. The van der Waals surface area contributed by atoms with Crippen molar-refractivity contribution in [3.63, 3.8) is 0 Å². The van der Waals surface area contributed by atoms with E-state index >= 15 is 0 Å². The zero-order valence-corrected chi connectivity index (χ0v) is 16.1. The lowest BCUT2D eigenvalue weighted by molar-refractivity contribution is 0.102. The summed E-state index contributed by atoms with van der Waals surface area (Å²) >= 11 is 1.34. The van der Waals surface area contributed by atoms with Crippen molar-refractivity contribution in [2.24, 2.45) is 0 Å². The second kappa shape index (κ2) is 8.31. The maximum absolute atomic E-state index is 13.2. The lowest BCUT2D eigenvalue weighted by atomic mass is 10.0. The van der Waals surface area contributed by atoms with E-state index in [0.717, 1.165) is 22.3 Å². The van der Waals surface area contributed by atoms with Crippen molar-refractivity contribution in [2.45, 2.75) is 25.5 Å². The number of carbonyl (C=O) groups is 1. The van der Waals surface area contributed by atoms with Gasteiger partial charge in [0.15, 0.2) is 16.8 Å². The molecular weight excluding hydrogens is 361 g/mol. The maximum atomic E-state index is 13.2. The molecule has 0 aliphatic carbocycles. The summed E-state index contributed by atoms with van der Waals surface area (Å²) in [5, 5.41) is 9.08. The van der Waals surface area contributed by atoms with Gasteiger partial charge in [0.1, 0.15) is 5.82 Å². The predicted molar refractivity (Wildman–Crippen MR) is 107 cm³/mol. The van der Waals surface area contributed by atoms with Crippen LogP contribution in [0.15, 0.2) is 60.3 Å². The van der Waals surface area contributed by atoms with Crippen molar-refractivity contribution < 1.29 is 9.18 Å². The van der Waals surface area contributed by atoms with Gasteiger partial charge in [0, 0.05) is 17.7 Å². The van der Waals surface area contributed by atoms with Crippen LogP contribution in [0.2, 0.25) is 0 Å². The smallest absolute Gasteiger partial charge is 0.192 e. The number of hydrogen-bond donors (Lipinski definition) is 0. The van der Waals surface area contributed by atoms with Gasteiger partial charge >= 0.3 is 0 Å². The average Bonchev–Trinajstić information content (AvgIpc) is 3.05. The molecule has 1 heterocycles. The molecule has 3 aromatic rings. The largest absolute Gasteiger partial charge is 0.298 e. The number of thioether (sulfide) groups is 1. The highest BCUT2D eigenvalue weighted by molar-refractivity contribution is 7.99. The van der Waals surface area contributed by atoms with Gasteiger partial charge in [-0.25, -0.2) is 4.39 Å². The van der Waals surface area contributed by atoms with Crippen molar-refractivity contribution in [1.82, 2.24) is 14.8 Å². The van der Waals surface area contributed by atoms with E-state index in [0.29, 0.717) is 17.5 Å². The van der Waals surface area contributed by atoms with E-state index in [1.165, 1.54) is 23.9 Å². The summed E-state index contributed by atoms with van der Waals surface area (Å²) in [6.07, 6.45) is 1.74. The molecule has 1 aromatic heterocycles. The number of carbonyl (C=O) groups excluding carboxylic acids is 1. The third kappa shape index (κ3) is 4.34. The molecule has 4 nitrogen and oxygen atoms in total. The standard InChI is InChI=1S/C21H20FN3OS/c1-4-11-25-20(16-7-9-17(22)10-8-16)23-24-21(25)27-13-19(26)18-12-14(2)5-6-15(18)3/h4-10,12H,1,11,13H2,2-3H3. The third-order valence-electron chi connectivity index (χ3n) is 4.16. The minimum absolute atomic E-state index is 0.0534. The summed E-state index contributed by atoms with van der Waals surface area (Å²) in [6.45, 7) is 8.18. The average molecular weight is 381 g/mol. The number of Topliss-reactive ketones (excluding diaryl/α,β-unsaturated/α-hetero) is 1. The summed E-state index contributed by atoms with van der Waals surface area (Å²) in [4.78, 5) is 12.6. The van der Waals surface area contributed by atoms with Crippen LogP contribution in [0.1, 0.15) is 21.5 Å². The highest BCUT2D eigenvalue weighted by Crippen LogP contribution is 2.25. The Balaban J connectivity index is 1.82. The Hall–Kier alpha value is -2.73. The van der Waals surface area contributed by atoms with E-state index in [-0.39, 0.29) is 17.4 Å². The lowest BCUT2D eigenvalue weighted by Gasteiger charge is -2.09. The normalized spacial score (nSPS) is 10.8. The number of ketones is 1. The van der Waals surface area contributed by atoms with Crippen LogP contribution in [0, 0.1) is 19.7 Å². The summed E-state index contributed by atoms with van der Waals surface area (Å²) in [7, 11) is 0. The van der Waals surface area contributed by atoms with Crippen molar-refractivity contribution in [3.8, 4) is 11.4 Å². The van der Waals surface area contributed by atoms with Crippen molar-refractivity contribution in [3.05, 3.63) is 77.6 Å². The van der Waals surface area contributed by atoms with Gasteiger partial charge in [-0.2, -0.15) is 0 Å². The summed E-state index contributed by atoms with van der Waals surface area (Å²) in [5.74, 6) is 0.639. The second-order valence-electron chi connectivity index (χ2n) is 6.24. The van der Waals surface area contributed by atoms with E-state index in [9.17, 15) is 9.18 Å². The molecule has 0 atom stereocenters. The van der Waals surface area contributed by atoms with Gasteiger partial charge in [0.05, 0.1) is 5.75 Å². The van der Waals surface area contributed by atoms with Crippen LogP contribution in [0.5, 0.6) is 0 Å². The minimum Gasteiger partial charge on any atom is -0.298 e. The highest BCUT2D eigenvalue weighted by atomic mass is 32.2. The molecule has 0 saturated heterocycles. The van der Waals surface area contributed by atoms with E-state index in [1.807, 2.05) is 36.6 Å². The molecule has 0 aliphatic rings. The van der Waals surface area contributed by atoms with Crippen molar-refractivity contribution in [2.75, 3.05) is 5.75 Å². The van der Waals surface area contributed by atoms with Gasteiger partial charge in [-0.15, -0.1) is 16.8 Å². The van der Waals surface area contributed by atoms with Crippen LogP contribution in [-0.4, -0.2) is 26.3 Å². The molecule has 0 bridgehead atoms. The molecule has 138 valence electrons. The lowest BCUT2D eigenvalue weighted by Crippen LogP contribution is -2.07. The van der Waals surface area contributed by atoms with E-state index < -0.39 is 0 Å². The van der Waals surface area contributed by atoms with Crippen LogP contribution in [-0.2, 0) is 6.54 Å². The fraction of sp³-hybridized carbons (Fsp3) is 0.190. The van der Waals surface area contributed by atoms with Crippen LogP contribution in [0.25, 0.3) is 11.4 Å². The van der Waals surface area contributed by atoms with Crippen molar-refractivity contribution in [1.29, 1.82) is 0 Å². The van der Waals surface area contributed by atoms with Crippen LogP contribution in [0.3, 0.4) is 0 Å². The van der Waals surface area contributed by atoms with E-state index in [1.54, 1.807) is 18.2 Å². The molecule has 0 amide bonds. The number of nitrogens with zero attached hydrogens (tertiary/aromatic N) is 3. The first-order valence-electron chi connectivity index (χ1n) is 8.53. The van der Waals surface area contributed by atoms with Crippen molar-refractivity contribution >= 4 is 17.5 Å². The molecule has 6 heteroatoms. The number of halogens is 1. The Labute approximate surface area is 162 Å². The number of rotatable bonds is 7. The van der Waals surface area contributed by atoms with Gasteiger partial charge in [-0.3, -0.25) is 9.36 Å². The third-order valence-corrected chi connectivity index (χ3v) is 5.12. The topological polar surface area (TPSA) is 47.8 Å². The first kappa shape index (κ1) is 19.0. The zero-order chi connectivity index (χ0) is 19.4. The molecule has 0 aliphatic heterocycles. The van der Waals surface area contributed by atoms with Crippen LogP contribution >= 0.6 is 11.8 Å². The Morgan fingerprint density at radius 2 is 1.93 bits per heavy atom. The quantitative estimate of drug-likeness (QED) is 0.333. The Morgan fingerprint density at radius 3 is 2.63 bits per heavy atom. The monoisotopic (exact) mass is 381 g/mol. The molecule has 3 rings (SSSR count). The van der Waals surface area contributed by atoms with Crippen LogP contribution < -0.4 is 0 Å². The molecular formula is C21H20FN3OS. The fourth-order valence-electron chi connectivity index (χ4n) is 2.75. The molecule has 2 aromatic carbocycles. The number of hydrogen-bond acceptors (Lipinski definition) is 4. The molecule has 0 fully saturated rings. The first-order valence-corrected chi connectivity index (χ1v) is 9.51. The summed E-state index contributed by atoms with van der Waals surface area (Å²) in [6, 6.07) is 12.0. The zero-order valence-electron chi connectivity index (χ0n) is 15.3. The molecule has 27 heavy (non-hydrogen) atoms. The molecule has 0 unspecified atom stereocenters. The van der Waals surface area contributed by atoms with Gasteiger partial charge in [0.25, 0.3) is 0 Å². The van der Waals surface area contributed by atoms with Crippen LogP contribution in [0.4, 0.5) is 4.39 Å². The molecule has 0 saturated carbocycles. The number of allylic oxidation sites excluding steroid dienone is 1. The molecule has 0 radical (unpaired) electrons. The molecule has 0 spiro atoms. The Bertz CT molecular complexity index is 980. The molecule has 0 N–H and O–H groups in total. The fourth-order valence-corrected chi connectivity index (χ4v) is 3.58. The maximum Gasteiger partial charge on any atom is 0.192 e. The summed E-state index contributed by atoms with van der Waals surface area (Å²) in [5.41, 5.74) is 3.52. The summed E-state index contributed by atoms with van der Waals surface area (Å²) < 4.78 is 15.1. The highest BCUT2D eigenvalue weighted by Gasteiger charge is 2.16. The van der Waals surface area contributed by atoms with Gasteiger partial charge in [-0.05, 0) is 49.7 Å². The predicted octanol–water partition coefficient (Wildman–Crippen LogP) is 4.86. The van der Waals surface area contributed by atoms with E-state index in [4.69, 9.17) is 0 Å². The first-order chi connectivity index (χ1) is 13.0.